The van der Waals surface area contributed by atoms with Gasteiger partial charge in [-0.15, -0.1) is 0 Å². The highest BCUT2D eigenvalue weighted by molar-refractivity contribution is 5.92. The predicted octanol–water partition coefficient (Wildman–Crippen LogP) is 1.71. The Morgan fingerprint density at radius 3 is 2.70 bits per heavy atom. The molecule has 0 saturated heterocycles. The number of carbonyl (C=O) groups excluding carboxylic acids is 2. The molecule has 0 radical (unpaired) electrons. The average Bonchev–Trinajstić information content (AvgIpc) is 3.01. The number of esters is 1. The number of nitrogens with one attached hydrogen (secondary N) is 1. The summed E-state index contributed by atoms with van der Waals surface area (Å²) in [5.41, 5.74) is 0.769. The molecule has 2 heterocycles. The smallest absolute Gasteiger partial charge is 0.307 e. The molecule has 20 heavy (non-hydrogen) atoms. The molecule has 1 atom stereocenters. The molecule has 0 aliphatic carbocycles. The van der Waals surface area contributed by atoms with Gasteiger partial charge in [0, 0.05) is 12.4 Å². The number of hydrogen-bond donors (Lipinski definition) is 1. The minimum Gasteiger partial charge on any atom is -0.469 e. The lowest BCUT2D eigenvalue weighted by atomic mass is 10.1. The van der Waals surface area contributed by atoms with Crippen molar-refractivity contribution < 1.29 is 18.7 Å². The molecular weight excluding hydrogens is 260 g/mol. The summed E-state index contributed by atoms with van der Waals surface area (Å²) in [6.45, 7) is 0. The number of pyridine rings is 1. The monoisotopic (exact) mass is 274 g/mol. The van der Waals surface area contributed by atoms with Crippen LogP contribution in [0, 0.1) is 0 Å². The molecule has 6 heteroatoms. The average molecular weight is 274 g/mol. The van der Waals surface area contributed by atoms with Gasteiger partial charge in [0.15, 0.2) is 5.76 Å². The van der Waals surface area contributed by atoms with E-state index in [-0.39, 0.29) is 18.1 Å². The summed E-state index contributed by atoms with van der Waals surface area (Å²) in [5.74, 6) is -0.610. The quantitative estimate of drug-likeness (QED) is 0.839. The third-order valence-electron chi connectivity index (χ3n) is 2.76. The molecule has 1 amide bonds. The molecule has 104 valence electrons. The highest BCUT2D eigenvalue weighted by Gasteiger charge is 2.20. The third kappa shape index (κ3) is 3.44. The van der Waals surface area contributed by atoms with Gasteiger partial charge in [-0.25, -0.2) is 0 Å². The normalized spacial score (nSPS) is 11.7. The maximum absolute atomic E-state index is 12.0. The maximum Gasteiger partial charge on any atom is 0.307 e. The van der Waals surface area contributed by atoms with Crippen LogP contribution >= 0.6 is 0 Å². The third-order valence-corrected chi connectivity index (χ3v) is 2.76. The van der Waals surface area contributed by atoms with Crippen LogP contribution in [-0.2, 0) is 9.53 Å². The van der Waals surface area contributed by atoms with Crippen molar-refractivity contribution in [1.82, 2.24) is 10.3 Å². The van der Waals surface area contributed by atoms with Crippen molar-refractivity contribution >= 4 is 11.9 Å². The molecular formula is C14H14N2O4. The fraction of sp³-hybridized carbons (Fsp3) is 0.214. The van der Waals surface area contributed by atoms with E-state index in [1.165, 1.54) is 13.4 Å². The lowest BCUT2D eigenvalue weighted by Gasteiger charge is -2.17. The number of ether oxygens (including phenoxy) is 1. The molecule has 0 aliphatic heterocycles. The van der Waals surface area contributed by atoms with Crippen LogP contribution in [0.1, 0.15) is 28.6 Å². The van der Waals surface area contributed by atoms with Gasteiger partial charge >= 0.3 is 5.97 Å². The number of carbonyl (C=O) groups is 2. The Bertz CT molecular complexity index is 566. The van der Waals surface area contributed by atoms with E-state index in [1.807, 2.05) is 0 Å². The molecule has 1 N–H and O–H groups in total. The highest BCUT2D eigenvalue weighted by atomic mass is 16.5. The van der Waals surface area contributed by atoms with Crippen LogP contribution in [0.2, 0.25) is 0 Å². The van der Waals surface area contributed by atoms with E-state index >= 15 is 0 Å². The Kier molecular flexibility index (Phi) is 4.49. The van der Waals surface area contributed by atoms with E-state index in [1.54, 1.807) is 36.7 Å². The van der Waals surface area contributed by atoms with Gasteiger partial charge in [-0.1, -0.05) is 0 Å². The van der Waals surface area contributed by atoms with E-state index in [9.17, 15) is 9.59 Å². The number of amides is 1. The first-order chi connectivity index (χ1) is 9.70. The van der Waals surface area contributed by atoms with E-state index < -0.39 is 12.0 Å². The number of aromatic nitrogens is 1. The molecule has 2 aromatic heterocycles. The molecule has 2 rings (SSSR count). The topological polar surface area (TPSA) is 81.4 Å². The van der Waals surface area contributed by atoms with E-state index in [2.05, 4.69) is 15.0 Å². The minimum atomic E-state index is -0.497. The van der Waals surface area contributed by atoms with Crippen LogP contribution in [0.3, 0.4) is 0 Å². The Balaban J connectivity index is 2.14. The second kappa shape index (κ2) is 6.51. The van der Waals surface area contributed by atoms with E-state index in [4.69, 9.17) is 4.42 Å². The van der Waals surface area contributed by atoms with Gasteiger partial charge in [0.1, 0.15) is 0 Å². The van der Waals surface area contributed by atoms with Crippen LogP contribution in [0.5, 0.6) is 0 Å². The largest absolute Gasteiger partial charge is 0.469 e. The number of hydrogen-bond acceptors (Lipinski definition) is 5. The Morgan fingerprint density at radius 1 is 1.35 bits per heavy atom. The first-order valence-electron chi connectivity index (χ1n) is 6.02. The van der Waals surface area contributed by atoms with Crippen molar-refractivity contribution in [2.45, 2.75) is 12.5 Å². The van der Waals surface area contributed by atoms with Gasteiger partial charge in [0.2, 0.25) is 0 Å². The standard InChI is InChI=1S/C14H14N2O4/c1-19-13(17)9-11(10-4-6-15-7-5-10)16-14(18)12-3-2-8-20-12/h2-8,11H,9H2,1H3,(H,16,18). The van der Waals surface area contributed by atoms with Crippen LogP contribution in [0.15, 0.2) is 47.3 Å². The van der Waals surface area contributed by atoms with Crippen molar-refractivity contribution in [2.24, 2.45) is 0 Å². The van der Waals surface area contributed by atoms with Gasteiger partial charge in [0.05, 0.1) is 25.8 Å². The first-order valence-corrected chi connectivity index (χ1v) is 6.02. The fourth-order valence-corrected chi connectivity index (χ4v) is 1.74. The second-order valence-electron chi connectivity index (χ2n) is 4.06. The molecule has 2 aromatic rings. The van der Waals surface area contributed by atoms with Crippen LogP contribution in [0.4, 0.5) is 0 Å². The molecule has 0 spiro atoms. The molecule has 0 aliphatic rings. The summed E-state index contributed by atoms with van der Waals surface area (Å²) >= 11 is 0. The zero-order valence-electron chi connectivity index (χ0n) is 10.9. The molecule has 1 unspecified atom stereocenters. The predicted molar refractivity (Wildman–Crippen MR) is 69.8 cm³/mol. The zero-order chi connectivity index (χ0) is 14.4. The lowest BCUT2D eigenvalue weighted by Crippen LogP contribution is -2.30. The van der Waals surface area contributed by atoms with Crippen molar-refractivity contribution in [1.29, 1.82) is 0 Å². The zero-order valence-corrected chi connectivity index (χ0v) is 10.9. The Morgan fingerprint density at radius 2 is 2.10 bits per heavy atom. The lowest BCUT2D eigenvalue weighted by molar-refractivity contribution is -0.141. The van der Waals surface area contributed by atoms with Crippen molar-refractivity contribution in [3.63, 3.8) is 0 Å². The summed E-state index contributed by atoms with van der Waals surface area (Å²) < 4.78 is 9.67. The minimum absolute atomic E-state index is 0.0347. The molecule has 0 aromatic carbocycles. The number of furan rings is 1. The Hall–Kier alpha value is -2.63. The van der Waals surface area contributed by atoms with Crippen LogP contribution < -0.4 is 5.32 Å². The molecule has 6 nitrogen and oxygen atoms in total. The first kappa shape index (κ1) is 13.8. The number of rotatable bonds is 5. The number of methoxy groups -OCH3 is 1. The van der Waals surface area contributed by atoms with Crippen LogP contribution in [-0.4, -0.2) is 24.0 Å². The summed E-state index contributed by atoms with van der Waals surface area (Å²) in [7, 11) is 1.31. The van der Waals surface area contributed by atoms with Gasteiger partial charge < -0.3 is 14.5 Å². The van der Waals surface area contributed by atoms with E-state index in [0.717, 1.165) is 5.56 Å². The van der Waals surface area contributed by atoms with Crippen molar-refractivity contribution in [3.8, 4) is 0 Å². The summed E-state index contributed by atoms with van der Waals surface area (Å²) in [5, 5.41) is 2.74. The SMILES string of the molecule is COC(=O)CC(NC(=O)c1ccco1)c1ccncc1. The van der Waals surface area contributed by atoms with Crippen molar-refractivity contribution in [2.75, 3.05) is 7.11 Å². The fourth-order valence-electron chi connectivity index (χ4n) is 1.74. The summed E-state index contributed by atoms with van der Waals surface area (Å²) in [4.78, 5) is 27.3. The van der Waals surface area contributed by atoms with Crippen molar-refractivity contribution in [3.05, 3.63) is 54.2 Å². The maximum atomic E-state index is 12.0. The second-order valence-corrected chi connectivity index (χ2v) is 4.06. The highest BCUT2D eigenvalue weighted by Crippen LogP contribution is 2.17. The van der Waals surface area contributed by atoms with Gasteiger partial charge in [-0.05, 0) is 29.8 Å². The Labute approximate surface area is 115 Å². The molecule has 0 saturated carbocycles. The number of nitrogens with zero attached hydrogens (tertiary/aromatic N) is 1. The molecule has 0 fully saturated rings. The van der Waals surface area contributed by atoms with Gasteiger partial charge in [-0.3, -0.25) is 14.6 Å². The summed E-state index contributed by atoms with van der Waals surface area (Å²) in [6, 6.07) is 6.14. The van der Waals surface area contributed by atoms with Crippen LogP contribution in [0.25, 0.3) is 0 Å². The van der Waals surface area contributed by atoms with E-state index in [0.29, 0.717) is 0 Å². The van der Waals surface area contributed by atoms with Gasteiger partial charge in [0.25, 0.3) is 5.91 Å². The van der Waals surface area contributed by atoms with Gasteiger partial charge in [-0.2, -0.15) is 0 Å². The molecule has 0 bridgehead atoms. The summed E-state index contributed by atoms with van der Waals surface area (Å²) in [6.07, 6.45) is 4.64.